The van der Waals surface area contributed by atoms with Crippen molar-refractivity contribution in [3.63, 3.8) is 0 Å². The van der Waals surface area contributed by atoms with Gasteiger partial charge in [-0.1, -0.05) is 139 Å². The van der Waals surface area contributed by atoms with Crippen molar-refractivity contribution >= 4 is 49.8 Å². The van der Waals surface area contributed by atoms with E-state index >= 15 is 0 Å². The molecule has 0 aliphatic rings. The molecule has 0 saturated heterocycles. The molecule has 2 nitrogen and oxygen atoms in total. The number of furan rings is 1. The Balaban J connectivity index is 1.42. The van der Waals surface area contributed by atoms with Gasteiger partial charge in [-0.2, -0.15) is 0 Å². The fourth-order valence-corrected chi connectivity index (χ4v) is 5.90. The fourth-order valence-electron chi connectivity index (χ4n) is 5.90. The molecule has 226 valence electrons. The molecular weight excluding hydrogens is 583 g/mol. The molecule has 8 aromatic carbocycles. The van der Waals surface area contributed by atoms with E-state index in [-0.39, 0.29) is 5.69 Å². The van der Waals surface area contributed by atoms with Gasteiger partial charge >= 0.3 is 0 Å². The fraction of sp³-hybridized carbons (Fsp3) is 0. The van der Waals surface area contributed by atoms with E-state index in [0.29, 0.717) is 27.3 Å². The van der Waals surface area contributed by atoms with Crippen LogP contribution in [0.4, 0.5) is 17.1 Å². The number of hydrogen-bond acceptors (Lipinski definition) is 2. The van der Waals surface area contributed by atoms with Gasteiger partial charge in [0, 0.05) is 27.5 Å². The molecule has 0 fully saturated rings. The summed E-state index contributed by atoms with van der Waals surface area (Å²) in [6, 6.07) is 8.91. The van der Waals surface area contributed by atoms with Crippen LogP contribution in [0, 0.1) is 0 Å². The van der Waals surface area contributed by atoms with Crippen molar-refractivity contribution in [1.82, 2.24) is 0 Å². The van der Waals surface area contributed by atoms with Crippen LogP contribution in [0.5, 0.6) is 0 Å². The smallest absolute Gasteiger partial charge is 0.136 e. The third kappa shape index (κ3) is 4.83. The third-order valence-electron chi connectivity index (χ3n) is 7.99. The molecule has 9 rings (SSSR count). The monoisotopic (exact) mass is 631 g/mol. The van der Waals surface area contributed by atoms with Crippen LogP contribution in [0.1, 0.15) is 24.7 Å². The molecule has 1 aromatic heterocycles. The van der Waals surface area contributed by atoms with E-state index in [4.69, 9.17) is 18.1 Å². The number of hydrogen-bond donors (Lipinski definition) is 0. The number of nitrogens with zero attached hydrogens (tertiary/aromatic N) is 1. The Kier molecular flexibility index (Phi) is 3.68. The van der Waals surface area contributed by atoms with Crippen molar-refractivity contribution in [1.29, 1.82) is 0 Å². The minimum Gasteiger partial charge on any atom is -0.456 e. The van der Waals surface area contributed by atoms with E-state index in [1.54, 1.807) is 24.3 Å². The second-order valence-electron chi connectivity index (χ2n) is 10.7. The van der Waals surface area contributed by atoms with Gasteiger partial charge in [-0.05, 0) is 87.2 Å². The van der Waals surface area contributed by atoms with Gasteiger partial charge in [-0.15, -0.1) is 0 Å². The predicted octanol–water partition coefficient (Wildman–Crippen LogP) is 13.2. The first-order chi connectivity index (χ1) is 31.3. The molecule has 0 aliphatic carbocycles. The maximum Gasteiger partial charge on any atom is 0.136 e. The molecule has 0 spiro atoms. The lowest BCUT2D eigenvalue weighted by Gasteiger charge is -2.27. The van der Waals surface area contributed by atoms with Crippen LogP contribution in [-0.2, 0) is 0 Å². The summed E-state index contributed by atoms with van der Waals surface area (Å²) in [7, 11) is 0. The first-order valence-electron chi connectivity index (χ1n) is 23.9. The molecular formula is C46H31NO. The maximum absolute atomic E-state index is 9.51. The quantitative estimate of drug-likeness (QED) is 0.182. The van der Waals surface area contributed by atoms with Crippen molar-refractivity contribution in [3.8, 4) is 33.4 Å². The Hall–Kier alpha value is -6.38. The maximum atomic E-state index is 9.51. The van der Waals surface area contributed by atoms with Crippen LogP contribution >= 0.6 is 0 Å². The molecule has 0 saturated carbocycles. The van der Waals surface area contributed by atoms with Crippen molar-refractivity contribution < 1.29 is 29.1 Å². The van der Waals surface area contributed by atoms with Crippen molar-refractivity contribution in [2.45, 2.75) is 0 Å². The summed E-state index contributed by atoms with van der Waals surface area (Å²) in [4.78, 5) is 1.04. The second kappa shape index (κ2) is 11.8. The van der Waals surface area contributed by atoms with E-state index < -0.39 is 142 Å². The molecule has 9 aromatic rings. The lowest BCUT2D eigenvalue weighted by Crippen LogP contribution is -2.10. The normalized spacial score (nSPS) is 16.6. The summed E-state index contributed by atoms with van der Waals surface area (Å²) in [5.74, 6) is 0. The first-order valence-corrected chi connectivity index (χ1v) is 14.9. The highest BCUT2D eigenvalue weighted by Crippen LogP contribution is 2.45. The molecule has 2 heteroatoms. The van der Waals surface area contributed by atoms with E-state index in [9.17, 15) is 11.0 Å². The van der Waals surface area contributed by atoms with Crippen molar-refractivity contribution in [3.05, 3.63) is 188 Å². The van der Waals surface area contributed by atoms with Crippen molar-refractivity contribution in [2.75, 3.05) is 4.90 Å². The highest BCUT2D eigenvalue weighted by molar-refractivity contribution is 6.24. The largest absolute Gasteiger partial charge is 0.456 e. The summed E-state index contributed by atoms with van der Waals surface area (Å²) < 4.78 is 165. The summed E-state index contributed by atoms with van der Waals surface area (Å²) in [5.41, 5.74) is -0.893. The Morgan fingerprint density at radius 2 is 0.958 bits per heavy atom. The van der Waals surface area contributed by atoms with Crippen LogP contribution in [0.15, 0.2) is 192 Å². The standard InChI is InChI=1S/C46H31NO/c1-4-12-32(13-5-1)34-22-26-37(27-23-34)47(38-28-24-35(25-29-38)33-14-6-2-7-15-33)42-20-10-19-41-40(42)30-31-44-46(41)45-39(18-11-21-43(45)48-44)36-16-8-3-9-17-36/h1-31H/i1D,2D,4D,5D,6D,7D,12D,13D,14D,15D,22D,23D,24D,25D,26D,27D,28D,29D. The van der Waals surface area contributed by atoms with E-state index in [0.717, 1.165) is 21.4 Å². The minimum atomic E-state index is -0.850. The van der Waals surface area contributed by atoms with Gasteiger partial charge in [-0.25, -0.2) is 0 Å². The first kappa shape index (κ1) is 15.0. The Morgan fingerprint density at radius 1 is 0.396 bits per heavy atom. The van der Waals surface area contributed by atoms with Crippen LogP contribution in [-0.4, -0.2) is 0 Å². The average molecular weight is 632 g/mol. The Morgan fingerprint density at radius 3 is 1.58 bits per heavy atom. The number of fused-ring (bicyclic) bond motifs is 5. The lowest BCUT2D eigenvalue weighted by molar-refractivity contribution is 0.669. The zero-order chi connectivity index (χ0) is 47.5. The molecule has 0 radical (unpaired) electrons. The zero-order valence-corrected chi connectivity index (χ0v) is 24.9. The minimum absolute atomic E-state index is 0.0358. The SMILES string of the molecule is [2H]c1c([2H])c([2H])c(-c2c([2H])c([2H])c(N(c3c([2H])c([2H])c(-c4c([2H])c([2H])c([2H])c([2H])c4[2H])c([2H])c3[2H])c3cccc4c3ccc3oc5cccc(-c6ccccc6)c5c34)c([2H])c2[2H])c([2H])c1[2H]. The molecule has 48 heavy (non-hydrogen) atoms. The highest BCUT2D eigenvalue weighted by Gasteiger charge is 2.20. The van der Waals surface area contributed by atoms with Gasteiger partial charge < -0.3 is 9.32 Å². The van der Waals surface area contributed by atoms with Crippen molar-refractivity contribution in [2.24, 2.45) is 0 Å². The summed E-state index contributed by atoms with van der Waals surface area (Å²) in [6.45, 7) is 0. The number of rotatable bonds is 6. The average Bonchev–Trinajstić information content (AvgIpc) is 3.71. The summed E-state index contributed by atoms with van der Waals surface area (Å²) in [6.07, 6.45) is 0. The van der Waals surface area contributed by atoms with Crippen LogP contribution in [0.25, 0.3) is 66.1 Å². The molecule has 0 atom stereocenters. The zero-order valence-electron chi connectivity index (χ0n) is 42.9. The van der Waals surface area contributed by atoms with E-state index in [1.807, 2.05) is 48.5 Å². The van der Waals surface area contributed by atoms with Gasteiger partial charge in [0.2, 0.25) is 0 Å². The highest BCUT2D eigenvalue weighted by atomic mass is 16.3. The topological polar surface area (TPSA) is 16.4 Å². The van der Waals surface area contributed by atoms with Gasteiger partial charge in [0.05, 0.1) is 30.4 Å². The number of anilines is 3. The number of benzene rings is 8. The predicted molar refractivity (Wildman–Crippen MR) is 202 cm³/mol. The summed E-state index contributed by atoms with van der Waals surface area (Å²) in [5, 5.41) is 2.26. The second-order valence-corrected chi connectivity index (χ2v) is 10.7. The van der Waals surface area contributed by atoms with E-state index in [2.05, 4.69) is 0 Å². The van der Waals surface area contributed by atoms with Gasteiger partial charge in [0.25, 0.3) is 0 Å². The third-order valence-corrected chi connectivity index (χ3v) is 7.99. The summed E-state index contributed by atoms with van der Waals surface area (Å²) >= 11 is 0. The van der Waals surface area contributed by atoms with E-state index in [1.165, 1.54) is 6.07 Å². The molecule has 0 N–H and O–H groups in total. The Bertz CT molecular complexity index is 3340. The molecule has 0 aliphatic heterocycles. The molecule has 0 bridgehead atoms. The van der Waals surface area contributed by atoms with Crippen LogP contribution in [0.3, 0.4) is 0 Å². The van der Waals surface area contributed by atoms with Crippen LogP contribution in [0.2, 0.25) is 0 Å². The molecule has 0 amide bonds. The molecule has 0 unspecified atom stereocenters. The van der Waals surface area contributed by atoms with Crippen LogP contribution < -0.4 is 4.90 Å². The molecule has 1 heterocycles. The van der Waals surface area contributed by atoms with Gasteiger partial charge in [0.15, 0.2) is 0 Å². The van der Waals surface area contributed by atoms with Gasteiger partial charge in [0.1, 0.15) is 11.2 Å². The van der Waals surface area contributed by atoms with Gasteiger partial charge in [-0.3, -0.25) is 0 Å². The Labute approximate surface area is 305 Å². The lowest BCUT2D eigenvalue weighted by atomic mass is 9.96.